The maximum Gasteiger partial charge on any atom is 0.123 e. The first kappa shape index (κ1) is 18.2. The third kappa shape index (κ3) is 3.86. The number of ether oxygens (including phenoxy) is 1. The maximum atomic E-state index is 13.5. The van der Waals surface area contributed by atoms with Gasteiger partial charge in [-0.2, -0.15) is 0 Å². The predicted molar refractivity (Wildman–Crippen MR) is 91.9 cm³/mol. The molecule has 0 spiro atoms. The van der Waals surface area contributed by atoms with E-state index in [1.165, 1.54) is 6.07 Å². The van der Waals surface area contributed by atoms with Crippen LogP contribution in [0, 0.1) is 19.7 Å². The summed E-state index contributed by atoms with van der Waals surface area (Å²) in [7, 11) is 0. The average Bonchev–Trinajstić information content (AvgIpc) is 2.73. The number of hydrogen-bond acceptors (Lipinski definition) is 3. The summed E-state index contributed by atoms with van der Waals surface area (Å²) in [4.78, 5) is 2.22. The van der Waals surface area contributed by atoms with Crippen LogP contribution in [0.5, 0.6) is 0 Å². The molecule has 23 heavy (non-hydrogen) atoms. The number of hydrogen-bond donors (Lipinski definition) is 1. The normalized spacial score (nSPS) is 17.2. The zero-order valence-electron chi connectivity index (χ0n) is 13.6. The Morgan fingerprint density at radius 3 is 2.61 bits per heavy atom. The van der Waals surface area contributed by atoms with Crippen LogP contribution in [0.4, 0.5) is 4.39 Å². The van der Waals surface area contributed by atoms with Crippen molar-refractivity contribution in [3.8, 4) is 0 Å². The summed E-state index contributed by atoms with van der Waals surface area (Å²) in [5.41, 5.74) is 3.15. The SMILES string of the molecule is Cc1c(C)n(CC(O)CN2CCOCC2)c2ccc(F)cc12.Cl. The second-order valence-corrected chi connectivity index (χ2v) is 6.05. The third-order valence-corrected chi connectivity index (χ3v) is 4.57. The highest BCUT2D eigenvalue weighted by Gasteiger charge is 2.18. The van der Waals surface area contributed by atoms with E-state index < -0.39 is 6.10 Å². The summed E-state index contributed by atoms with van der Waals surface area (Å²) in [5.74, 6) is -0.221. The highest BCUT2D eigenvalue weighted by molar-refractivity contribution is 5.85. The molecule has 4 nitrogen and oxygen atoms in total. The first-order valence-electron chi connectivity index (χ1n) is 7.79. The Balaban J connectivity index is 0.00000192. The lowest BCUT2D eigenvalue weighted by Gasteiger charge is -2.29. The van der Waals surface area contributed by atoms with Gasteiger partial charge in [0.05, 0.1) is 25.9 Å². The van der Waals surface area contributed by atoms with Crippen molar-refractivity contribution in [2.24, 2.45) is 0 Å². The van der Waals surface area contributed by atoms with Crippen LogP contribution in [0.2, 0.25) is 0 Å². The number of aliphatic hydroxyl groups excluding tert-OH is 1. The van der Waals surface area contributed by atoms with Crippen molar-refractivity contribution in [1.82, 2.24) is 9.47 Å². The number of morpholine rings is 1. The molecule has 2 heterocycles. The molecule has 1 unspecified atom stereocenters. The molecule has 0 saturated carbocycles. The van der Waals surface area contributed by atoms with Gasteiger partial charge >= 0.3 is 0 Å². The Morgan fingerprint density at radius 1 is 1.22 bits per heavy atom. The summed E-state index contributed by atoms with van der Waals surface area (Å²) in [6.45, 7) is 8.39. The van der Waals surface area contributed by atoms with Gasteiger partial charge in [0.25, 0.3) is 0 Å². The summed E-state index contributed by atoms with van der Waals surface area (Å²) in [6.07, 6.45) is -0.447. The highest BCUT2D eigenvalue weighted by Crippen LogP contribution is 2.26. The Hall–Kier alpha value is -1.14. The van der Waals surface area contributed by atoms with Crippen LogP contribution in [0.25, 0.3) is 10.9 Å². The summed E-state index contributed by atoms with van der Waals surface area (Å²) >= 11 is 0. The minimum absolute atomic E-state index is 0. The number of halogens is 2. The minimum Gasteiger partial charge on any atom is -0.390 e. The molecule has 2 aromatic rings. The van der Waals surface area contributed by atoms with E-state index in [1.807, 2.05) is 13.8 Å². The zero-order chi connectivity index (χ0) is 15.7. The number of fused-ring (bicyclic) bond motifs is 1. The number of β-amino-alcohol motifs (C(OH)–C–C–N with tert-alkyl or cyclic N) is 1. The number of aliphatic hydroxyl groups is 1. The van der Waals surface area contributed by atoms with Crippen LogP contribution in [0.15, 0.2) is 18.2 Å². The molecule has 1 saturated heterocycles. The lowest BCUT2D eigenvalue weighted by Crippen LogP contribution is -2.42. The number of aryl methyl sites for hydroxylation is 1. The smallest absolute Gasteiger partial charge is 0.123 e. The molecule has 0 bridgehead atoms. The van der Waals surface area contributed by atoms with E-state index in [-0.39, 0.29) is 18.2 Å². The molecule has 1 N–H and O–H groups in total. The zero-order valence-corrected chi connectivity index (χ0v) is 14.4. The lowest BCUT2D eigenvalue weighted by atomic mass is 10.1. The lowest BCUT2D eigenvalue weighted by molar-refractivity contribution is 0.0116. The molecule has 1 aromatic heterocycles. The molecule has 1 aromatic carbocycles. The van der Waals surface area contributed by atoms with Crippen molar-refractivity contribution in [2.75, 3.05) is 32.8 Å². The first-order valence-corrected chi connectivity index (χ1v) is 7.79. The standard InChI is InChI=1S/C17H23FN2O2.ClH/c1-12-13(2)20(17-4-3-14(18)9-16(12)17)11-15(21)10-19-5-7-22-8-6-19;/h3-4,9,15,21H,5-8,10-11H2,1-2H3;1H. The Morgan fingerprint density at radius 2 is 1.91 bits per heavy atom. The van der Waals surface area contributed by atoms with Gasteiger partial charge in [-0.05, 0) is 37.6 Å². The maximum absolute atomic E-state index is 13.5. The van der Waals surface area contributed by atoms with Crippen LogP contribution in [0.1, 0.15) is 11.3 Å². The number of benzene rings is 1. The molecule has 1 fully saturated rings. The Labute approximate surface area is 142 Å². The molecular formula is C17H24ClFN2O2. The van der Waals surface area contributed by atoms with Crippen LogP contribution < -0.4 is 0 Å². The van der Waals surface area contributed by atoms with Crippen molar-refractivity contribution < 1.29 is 14.2 Å². The topological polar surface area (TPSA) is 37.6 Å². The molecule has 3 rings (SSSR count). The monoisotopic (exact) mass is 342 g/mol. The Kier molecular flexibility index (Phi) is 6.03. The largest absolute Gasteiger partial charge is 0.390 e. The number of rotatable bonds is 4. The fraction of sp³-hybridized carbons (Fsp3) is 0.529. The van der Waals surface area contributed by atoms with E-state index in [0.29, 0.717) is 13.1 Å². The summed E-state index contributed by atoms with van der Waals surface area (Å²) < 4.78 is 20.9. The van der Waals surface area contributed by atoms with E-state index in [2.05, 4.69) is 9.47 Å². The molecule has 1 atom stereocenters. The number of aromatic nitrogens is 1. The van der Waals surface area contributed by atoms with E-state index in [9.17, 15) is 9.50 Å². The average molecular weight is 343 g/mol. The minimum atomic E-state index is -0.447. The molecule has 0 aliphatic carbocycles. The second kappa shape index (κ2) is 7.62. The summed E-state index contributed by atoms with van der Waals surface area (Å²) in [6, 6.07) is 4.85. The van der Waals surface area contributed by atoms with Crippen molar-refractivity contribution in [3.05, 3.63) is 35.3 Å². The van der Waals surface area contributed by atoms with Gasteiger partial charge in [-0.1, -0.05) is 0 Å². The molecule has 128 valence electrons. The van der Waals surface area contributed by atoms with Crippen LogP contribution >= 0.6 is 12.4 Å². The first-order chi connectivity index (χ1) is 10.6. The predicted octanol–water partition coefficient (Wildman–Crippen LogP) is 2.51. The second-order valence-electron chi connectivity index (χ2n) is 6.05. The fourth-order valence-corrected chi connectivity index (χ4v) is 3.21. The van der Waals surface area contributed by atoms with Crippen LogP contribution in [0.3, 0.4) is 0 Å². The molecule has 6 heteroatoms. The molecule has 0 radical (unpaired) electrons. The van der Waals surface area contributed by atoms with Gasteiger partial charge in [-0.25, -0.2) is 4.39 Å². The van der Waals surface area contributed by atoms with Crippen molar-refractivity contribution in [2.45, 2.75) is 26.5 Å². The van der Waals surface area contributed by atoms with Gasteiger partial charge in [0.1, 0.15) is 5.82 Å². The summed E-state index contributed by atoms with van der Waals surface area (Å²) in [5, 5.41) is 11.4. The molecule has 1 aliphatic rings. The van der Waals surface area contributed by atoms with E-state index >= 15 is 0 Å². The molecular weight excluding hydrogens is 319 g/mol. The molecule has 1 aliphatic heterocycles. The molecule has 0 amide bonds. The third-order valence-electron chi connectivity index (χ3n) is 4.57. The van der Waals surface area contributed by atoms with E-state index in [1.54, 1.807) is 12.1 Å². The van der Waals surface area contributed by atoms with Crippen LogP contribution in [-0.4, -0.2) is 53.5 Å². The Bertz CT molecular complexity index is 668. The quantitative estimate of drug-likeness (QED) is 0.927. The van der Waals surface area contributed by atoms with Crippen LogP contribution in [-0.2, 0) is 11.3 Å². The number of nitrogens with zero attached hydrogens (tertiary/aromatic N) is 2. The van der Waals surface area contributed by atoms with Gasteiger partial charge in [-0.3, -0.25) is 4.90 Å². The van der Waals surface area contributed by atoms with Gasteiger partial charge in [0.15, 0.2) is 0 Å². The highest BCUT2D eigenvalue weighted by atomic mass is 35.5. The van der Waals surface area contributed by atoms with Gasteiger partial charge in [0.2, 0.25) is 0 Å². The van der Waals surface area contributed by atoms with Crippen molar-refractivity contribution in [1.29, 1.82) is 0 Å². The van der Waals surface area contributed by atoms with Gasteiger partial charge in [-0.15, -0.1) is 12.4 Å². The van der Waals surface area contributed by atoms with Crippen molar-refractivity contribution in [3.63, 3.8) is 0 Å². The van der Waals surface area contributed by atoms with Gasteiger partial charge in [0, 0.05) is 36.2 Å². The van der Waals surface area contributed by atoms with E-state index in [0.717, 1.165) is 48.5 Å². The van der Waals surface area contributed by atoms with Gasteiger partial charge < -0.3 is 14.4 Å². The van der Waals surface area contributed by atoms with E-state index in [4.69, 9.17) is 4.74 Å². The fourth-order valence-electron chi connectivity index (χ4n) is 3.21. The van der Waals surface area contributed by atoms with Crippen molar-refractivity contribution >= 4 is 23.3 Å².